The first kappa shape index (κ1) is 29.0. The monoisotopic (exact) mass is 496 g/mol. The molecule has 2 aliphatic rings. The molecule has 0 aromatic carbocycles. The van der Waals surface area contributed by atoms with Gasteiger partial charge in [0.05, 0.1) is 18.9 Å². The fraction of sp³-hybridized carbons (Fsp3) is 0.731. The molecule has 0 aliphatic carbocycles. The lowest BCUT2D eigenvalue weighted by Gasteiger charge is -2.53. The van der Waals surface area contributed by atoms with Crippen molar-refractivity contribution in [2.24, 2.45) is 5.92 Å². The van der Waals surface area contributed by atoms with E-state index >= 15 is 0 Å². The summed E-state index contributed by atoms with van der Waals surface area (Å²) in [6.07, 6.45) is 8.12. The van der Waals surface area contributed by atoms with Gasteiger partial charge in [0, 0.05) is 25.5 Å². The highest BCUT2D eigenvalue weighted by atomic mass is 16.7. The Bertz CT molecular complexity index is 805. The van der Waals surface area contributed by atoms with Crippen molar-refractivity contribution in [1.82, 2.24) is 0 Å². The molecular formula is C26H40O9. The smallest absolute Gasteiger partial charge is 0.328 e. The van der Waals surface area contributed by atoms with Crippen LogP contribution >= 0.6 is 0 Å². The Morgan fingerprint density at radius 2 is 1.86 bits per heavy atom. The molecule has 2 rings (SSSR count). The molecule has 0 aromatic rings. The number of allylic oxidation sites excluding steroid dienone is 2. The number of carbonyl (C=O) groups excluding carboxylic acids is 1. The third kappa shape index (κ3) is 8.44. The summed E-state index contributed by atoms with van der Waals surface area (Å²) < 4.78 is 19.0. The number of carboxylic acids is 2. The highest BCUT2D eigenvalue weighted by Gasteiger charge is 2.54. The van der Waals surface area contributed by atoms with Gasteiger partial charge in [-0.2, -0.15) is 0 Å². The number of hydrogen-bond acceptors (Lipinski definition) is 7. The maximum absolute atomic E-state index is 12.6. The number of carbonyl (C=O) groups is 3. The first-order valence-corrected chi connectivity index (χ1v) is 12.5. The number of ether oxygens (including phenoxy) is 3. The minimum atomic E-state index is -1.08. The van der Waals surface area contributed by atoms with E-state index in [2.05, 4.69) is 6.92 Å². The van der Waals surface area contributed by atoms with Gasteiger partial charge in [-0.05, 0) is 50.5 Å². The molecule has 9 heteroatoms. The summed E-state index contributed by atoms with van der Waals surface area (Å²) in [4.78, 5) is 34.7. The molecule has 3 N–H and O–H groups in total. The summed E-state index contributed by atoms with van der Waals surface area (Å²) >= 11 is 0. The lowest BCUT2D eigenvalue weighted by molar-refractivity contribution is -0.346. The predicted octanol–water partition coefficient (Wildman–Crippen LogP) is 3.98. The summed E-state index contributed by atoms with van der Waals surface area (Å²) in [7, 11) is 0. The van der Waals surface area contributed by atoms with E-state index in [1.54, 1.807) is 19.1 Å². The van der Waals surface area contributed by atoms with Crippen molar-refractivity contribution in [2.45, 2.75) is 109 Å². The van der Waals surface area contributed by atoms with Gasteiger partial charge in [-0.1, -0.05) is 32.4 Å². The van der Waals surface area contributed by atoms with E-state index in [-0.39, 0.29) is 31.5 Å². The number of hydrogen-bond donors (Lipinski definition) is 3. The van der Waals surface area contributed by atoms with Gasteiger partial charge in [-0.3, -0.25) is 9.59 Å². The third-order valence-electron chi connectivity index (χ3n) is 6.88. The van der Waals surface area contributed by atoms with Crippen LogP contribution < -0.4 is 0 Å². The Morgan fingerprint density at radius 1 is 1.11 bits per heavy atom. The maximum Gasteiger partial charge on any atom is 0.328 e. The second-order valence-corrected chi connectivity index (χ2v) is 9.76. The molecule has 2 fully saturated rings. The van der Waals surface area contributed by atoms with Gasteiger partial charge < -0.3 is 29.5 Å². The Labute approximate surface area is 207 Å². The molecule has 0 amide bonds. The highest BCUT2D eigenvalue weighted by Crippen LogP contribution is 2.47. The maximum atomic E-state index is 12.6. The average molecular weight is 497 g/mol. The number of aliphatic hydroxyl groups is 1. The zero-order valence-electron chi connectivity index (χ0n) is 21.0. The molecule has 5 atom stereocenters. The van der Waals surface area contributed by atoms with E-state index < -0.39 is 35.4 Å². The molecule has 9 nitrogen and oxygen atoms in total. The van der Waals surface area contributed by atoms with Crippen LogP contribution in [-0.2, 0) is 28.6 Å². The van der Waals surface area contributed by atoms with E-state index in [9.17, 15) is 19.5 Å². The van der Waals surface area contributed by atoms with Crippen molar-refractivity contribution in [3.63, 3.8) is 0 Å². The zero-order valence-corrected chi connectivity index (χ0v) is 21.0. The molecular weight excluding hydrogens is 456 g/mol. The molecule has 35 heavy (non-hydrogen) atoms. The zero-order chi connectivity index (χ0) is 26.1. The van der Waals surface area contributed by atoms with Gasteiger partial charge in [-0.15, -0.1) is 0 Å². The Hall–Kier alpha value is -2.23. The van der Waals surface area contributed by atoms with E-state index in [4.69, 9.17) is 24.4 Å². The van der Waals surface area contributed by atoms with Gasteiger partial charge >= 0.3 is 17.9 Å². The first-order chi connectivity index (χ1) is 16.5. The van der Waals surface area contributed by atoms with E-state index in [0.29, 0.717) is 37.7 Å². The van der Waals surface area contributed by atoms with Gasteiger partial charge in [0.15, 0.2) is 5.79 Å². The van der Waals surface area contributed by atoms with E-state index in [1.165, 1.54) is 0 Å². The van der Waals surface area contributed by atoms with Crippen LogP contribution in [0.2, 0.25) is 0 Å². The predicted molar refractivity (Wildman–Crippen MR) is 128 cm³/mol. The molecule has 0 radical (unpaired) electrons. The van der Waals surface area contributed by atoms with Crippen molar-refractivity contribution in [3.05, 3.63) is 23.8 Å². The summed E-state index contributed by atoms with van der Waals surface area (Å²) in [5, 5.41) is 27.5. The van der Waals surface area contributed by atoms with Crippen molar-refractivity contribution in [3.8, 4) is 0 Å². The van der Waals surface area contributed by atoms with Gasteiger partial charge in [0.2, 0.25) is 0 Å². The largest absolute Gasteiger partial charge is 0.481 e. The summed E-state index contributed by atoms with van der Waals surface area (Å²) in [6.45, 7) is 5.78. The Kier molecular flexibility index (Phi) is 10.9. The van der Waals surface area contributed by atoms with Crippen LogP contribution in [0.5, 0.6) is 0 Å². The minimum Gasteiger partial charge on any atom is -0.481 e. The van der Waals surface area contributed by atoms with Crippen LogP contribution in [0.25, 0.3) is 0 Å². The molecule has 0 saturated carbocycles. The van der Waals surface area contributed by atoms with E-state index in [0.717, 1.165) is 25.3 Å². The summed E-state index contributed by atoms with van der Waals surface area (Å²) in [5.41, 5.74) is -0.519. The second-order valence-electron chi connectivity index (χ2n) is 9.76. The van der Waals surface area contributed by atoms with Gasteiger partial charge in [0.1, 0.15) is 11.7 Å². The fourth-order valence-corrected chi connectivity index (χ4v) is 4.85. The van der Waals surface area contributed by atoms with Crippen molar-refractivity contribution >= 4 is 17.9 Å². The van der Waals surface area contributed by atoms with Gasteiger partial charge in [-0.25, -0.2) is 4.79 Å². The topological polar surface area (TPSA) is 140 Å². The number of carboxylic acid groups (broad SMARTS) is 2. The van der Waals surface area contributed by atoms with Crippen LogP contribution in [0, 0.1) is 5.92 Å². The number of aliphatic carboxylic acids is 2. The third-order valence-corrected chi connectivity index (χ3v) is 6.88. The molecule has 0 bridgehead atoms. The van der Waals surface area contributed by atoms with Crippen LogP contribution in [0.4, 0.5) is 0 Å². The number of esters is 1. The molecule has 2 aliphatic heterocycles. The van der Waals surface area contributed by atoms with Crippen LogP contribution in [0.15, 0.2) is 23.8 Å². The van der Waals surface area contributed by atoms with Crippen LogP contribution in [0.1, 0.15) is 85.0 Å². The lowest BCUT2D eigenvalue weighted by Crippen LogP contribution is -2.59. The van der Waals surface area contributed by atoms with Crippen molar-refractivity contribution in [1.29, 1.82) is 0 Å². The van der Waals surface area contributed by atoms with Crippen molar-refractivity contribution < 1.29 is 43.9 Å². The number of unbranched alkanes of at least 4 members (excludes halogenated alkanes) is 1. The standard InChI is InChI=1S/C26H40O9/c1-4-5-12-25(35-24(32)9-8-22(28)29)14-15-26(13-10-19(3)20(33-26)11-16-27)34-21(25)7-6-18(2)17-23(30)31/h6-7,17,19-21,27H,4-5,8-16H2,1-3H3,(H,28,29)(H,30,31)/b7-6+,18-17+/t19-,20+,21-,25+,26-/m0/s1. The number of aliphatic hydroxyl groups excluding tert-OH is 1. The Balaban J connectivity index is 2.38. The first-order valence-electron chi connectivity index (χ1n) is 12.5. The minimum absolute atomic E-state index is 0.00915. The molecule has 2 heterocycles. The van der Waals surface area contributed by atoms with E-state index in [1.807, 2.05) is 6.92 Å². The normalized spacial score (nSPS) is 31.5. The fourth-order valence-electron chi connectivity index (χ4n) is 4.85. The van der Waals surface area contributed by atoms with Gasteiger partial charge in [0.25, 0.3) is 0 Å². The second kappa shape index (κ2) is 13.2. The molecule has 0 unspecified atom stereocenters. The van der Waals surface area contributed by atoms with Crippen LogP contribution in [-0.4, -0.2) is 63.4 Å². The molecule has 0 aromatic heterocycles. The summed E-state index contributed by atoms with van der Waals surface area (Å²) in [5.74, 6) is -3.37. The van der Waals surface area contributed by atoms with Crippen molar-refractivity contribution in [2.75, 3.05) is 6.61 Å². The molecule has 2 saturated heterocycles. The molecule has 198 valence electrons. The summed E-state index contributed by atoms with van der Waals surface area (Å²) in [6, 6.07) is 0. The SMILES string of the molecule is CCCC[C@@]1(OC(=O)CCC(=O)O)CC[C@]2(CC[C@H](C)[C@@H](CCO)O2)O[C@H]1/C=C/C(C)=C/C(=O)O. The quantitative estimate of drug-likeness (QED) is 0.208. The molecule has 1 spiro atoms. The number of rotatable bonds is 12. The Morgan fingerprint density at radius 3 is 2.49 bits per heavy atom. The lowest BCUT2D eigenvalue weighted by atomic mass is 9.78. The average Bonchev–Trinajstić information content (AvgIpc) is 2.79. The highest BCUT2D eigenvalue weighted by molar-refractivity contribution is 5.81. The van der Waals surface area contributed by atoms with Crippen LogP contribution in [0.3, 0.4) is 0 Å².